The molecule has 1 saturated carbocycles. The van der Waals surface area contributed by atoms with Crippen LogP contribution in [0, 0.1) is 24.2 Å². The Morgan fingerprint density at radius 2 is 2.03 bits per heavy atom. The van der Waals surface area contributed by atoms with Crippen LogP contribution in [0.5, 0.6) is 11.5 Å². The number of hydrogen-bond acceptors (Lipinski definition) is 4. The molecule has 1 aromatic rings. The van der Waals surface area contributed by atoms with E-state index in [0.29, 0.717) is 52.7 Å². The number of Topliss-reactive ketones (excluding diaryl/α,β-unsaturated/α-hetero) is 1. The Hall–Kier alpha value is -2.07. The number of hydrogen-bond donors (Lipinski definition) is 1. The average Bonchev–Trinajstić information content (AvgIpc) is 2.70. The largest absolute Gasteiger partial charge is 0.507 e. The van der Waals surface area contributed by atoms with Gasteiger partial charge in [-0.05, 0) is 43.6 Å². The fraction of sp³-hybridized carbons (Fsp3) is 0.500. The molecule has 1 N–H and O–H groups in total. The predicted molar refractivity (Wildman–Crippen MR) is 117 cm³/mol. The minimum absolute atomic E-state index is 0.00880. The van der Waals surface area contributed by atoms with Crippen molar-refractivity contribution in [3.8, 4) is 11.5 Å². The standard InChI is InChI=1S/C24H31ClO4/c1-14(11-12-24(5)15(2)8-10-20(27)17(24)4)7-9-18-22(28)19(13-26)16(3)21(25)23(18)29-6/h7,11-13,15,17,28H,8-10H2,1-6H3/t15-,17+,24-/m0/s1. The van der Waals surface area contributed by atoms with Gasteiger partial charge in [0.1, 0.15) is 17.3 Å². The highest BCUT2D eigenvalue weighted by Crippen LogP contribution is 2.45. The van der Waals surface area contributed by atoms with Crippen molar-refractivity contribution in [3.63, 3.8) is 0 Å². The normalized spacial score (nSPS) is 25.5. The van der Waals surface area contributed by atoms with Gasteiger partial charge in [-0.25, -0.2) is 0 Å². The highest BCUT2D eigenvalue weighted by molar-refractivity contribution is 6.33. The zero-order valence-electron chi connectivity index (χ0n) is 18.1. The summed E-state index contributed by atoms with van der Waals surface area (Å²) in [5.74, 6) is 1.02. The Morgan fingerprint density at radius 3 is 2.62 bits per heavy atom. The van der Waals surface area contributed by atoms with Gasteiger partial charge in [0.05, 0.1) is 17.7 Å². The highest BCUT2D eigenvalue weighted by atomic mass is 35.5. The average molecular weight is 419 g/mol. The fourth-order valence-electron chi connectivity index (χ4n) is 4.03. The molecule has 0 amide bonds. The minimum Gasteiger partial charge on any atom is -0.507 e. The minimum atomic E-state index is -0.178. The lowest BCUT2D eigenvalue weighted by atomic mass is 9.61. The van der Waals surface area contributed by atoms with Crippen LogP contribution < -0.4 is 4.74 Å². The molecule has 2 rings (SSSR count). The second kappa shape index (κ2) is 9.17. The molecule has 1 aliphatic carbocycles. The number of ether oxygens (including phenoxy) is 1. The molecular formula is C24H31ClO4. The molecular weight excluding hydrogens is 388 g/mol. The number of phenolic OH excluding ortho intramolecular Hbond substituents is 1. The Kier molecular flexibility index (Phi) is 7.34. The van der Waals surface area contributed by atoms with Gasteiger partial charge in [-0.3, -0.25) is 9.59 Å². The van der Waals surface area contributed by atoms with E-state index in [9.17, 15) is 14.7 Å². The van der Waals surface area contributed by atoms with E-state index in [0.717, 1.165) is 12.0 Å². The van der Waals surface area contributed by atoms with E-state index in [1.807, 2.05) is 26.0 Å². The number of rotatable bonds is 6. The highest BCUT2D eigenvalue weighted by Gasteiger charge is 2.41. The first-order chi connectivity index (χ1) is 13.6. The molecule has 1 aliphatic rings. The second-order valence-electron chi connectivity index (χ2n) is 8.31. The zero-order valence-corrected chi connectivity index (χ0v) is 18.9. The van der Waals surface area contributed by atoms with Crippen LogP contribution in [0.25, 0.3) is 0 Å². The van der Waals surface area contributed by atoms with Crippen LogP contribution in [0.3, 0.4) is 0 Å². The molecule has 0 saturated heterocycles. The van der Waals surface area contributed by atoms with Crippen LogP contribution in [0.1, 0.15) is 62.0 Å². The number of ketones is 1. The Balaban J connectivity index is 2.33. The summed E-state index contributed by atoms with van der Waals surface area (Å²) in [5, 5.41) is 10.9. The maximum absolute atomic E-state index is 12.2. The van der Waals surface area contributed by atoms with Gasteiger partial charge >= 0.3 is 0 Å². The summed E-state index contributed by atoms with van der Waals surface area (Å²) in [6, 6.07) is 0. The Morgan fingerprint density at radius 1 is 1.38 bits per heavy atom. The summed E-state index contributed by atoms with van der Waals surface area (Å²) in [5.41, 5.74) is 1.98. The first kappa shape index (κ1) is 23.2. The smallest absolute Gasteiger partial charge is 0.154 e. The monoisotopic (exact) mass is 418 g/mol. The molecule has 4 nitrogen and oxygen atoms in total. The molecule has 0 radical (unpaired) electrons. The van der Waals surface area contributed by atoms with Gasteiger partial charge in [0, 0.05) is 17.9 Å². The lowest BCUT2D eigenvalue weighted by Gasteiger charge is -2.42. The van der Waals surface area contributed by atoms with Gasteiger partial charge in [-0.15, -0.1) is 0 Å². The molecule has 0 bridgehead atoms. The number of carbonyl (C=O) groups excluding carboxylic acids is 2. The van der Waals surface area contributed by atoms with Crippen LogP contribution in [0.4, 0.5) is 0 Å². The van der Waals surface area contributed by atoms with Crippen molar-refractivity contribution in [1.29, 1.82) is 0 Å². The van der Waals surface area contributed by atoms with E-state index in [-0.39, 0.29) is 22.6 Å². The van der Waals surface area contributed by atoms with Gasteiger partial charge in [0.2, 0.25) is 0 Å². The first-order valence-corrected chi connectivity index (χ1v) is 10.4. The third-order valence-corrected chi connectivity index (χ3v) is 7.16. The van der Waals surface area contributed by atoms with Crippen molar-refractivity contribution in [2.45, 2.75) is 53.9 Å². The number of benzene rings is 1. The number of allylic oxidation sites excluding steroid dienone is 4. The van der Waals surface area contributed by atoms with Crippen LogP contribution in [0.2, 0.25) is 5.02 Å². The molecule has 158 valence electrons. The molecule has 1 fully saturated rings. The van der Waals surface area contributed by atoms with Gasteiger partial charge in [-0.2, -0.15) is 0 Å². The van der Waals surface area contributed by atoms with E-state index in [1.165, 1.54) is 7.11 Å². The summed E-state index contributed by atoms with van der Waals surface area (Å²) in [6.45, 7) is 10.0. The van der Waals surface area contributed by atoms with E-state index in [2.05, 4.69) is 19.9 Å². The number of carbonyl (C=O) groups is 2. The van der Waals surface area contributed by atoms with Crippen LogP contribution in [-0.2, 0) is 11.2 Å². The Bertz CT molecular complexity index is 868. The van der Waals surface area contributed by atoms with E-state index in [1.54, 1.807) is 6.92 Å². The predicted octanol–water partition coefficient (Wildman–Crippen LogP) is 5.86. The Labute approximate surface area is 178 Å². The summed E-state index contributed by atoms with van der Waals surface area (Å²) in [4.78, 5) is 23.6. The van der Waals surface area contributed by atoms with Crippen molar-refractivity contribution in [2.75, 3.05) is 7.11 Å². The van der Waals surface area contributed by atoms with E-state index < -0.39 is 0 Å². The van der Waals surface area contributed by atoms with Gasteiger partial charge in [0.25, 0.3) is 0 Å². The van der Waals surface area contributed by atoms with Gasteiger partial charge in [0.15, 0.2) is 6.29 Å². The van der Waals surface area contributed by atoms with Crippen molar-refractivity contribution in [3.05, 3.63) is 45.5 Å². The SMILES string of the molecule is COc1c(Cl)c(C)c(C=O)c(O)c1CC=C(C)C=C[C@]1(C)[C@H](C)C(=O)CC[C@@H]1C. The lowest BCUT2D eigenvalue weighted by Crippen LogP contribution is -2.40. The molecule has 1 aromatic carbocycles. The molecule has 5 heteroatoms. The summed E-state index contributed by atoms with van der Waals surface area (Å²) in [6.07, 6.45) is 8.68. The zero-order chi connectivity index (χ0) is 21.9. The first-order valence-electron chi connectivity index (χ1n) is 10.00. The second-order valence-corrected chi connectivity index (χ2v) is 8.69. The maximum atomic E-state index is 12.2. The van der Waals surface area contributed by atoms with Crippen molar-refractivity contribution in [2.24, 2.45) is 17.3 Å². The van der Waals surface area contributed by atoms with Crippen molar-refractivity contribution < 1.29 is 19.4 Å². The lowest BCUT2D eigenvalue weighted by molar-refractivity contribution is -0.129. The maximum Gasteiger partial charge on any atom is 0.154 e. The number of aromatic hydroxyl groups is 1. The molecule has 3 atom stereocenters. The van der Waals surface area contributed by atoms with Crippen LogP contribution in [0.15, 0.2) is 23.8 Å². The van der Waals surface area contributed by atoms with E-state index >= 15 is 0 Å². The molecule has 0 heterocycles. The molecule has 0 aromatic heterocycles. The van der Waals surface area contributed by atoms with Crippen LogP contribution >= 0.6 is 11.6 Å². The van der Waals surface area contributed by atoms with Gasteiger partial charge < -0.3 is 9.84 Å². The van der Waals surface area contributed by atoms with Crippen LogP contribution in [-0.4, -0.2) is 24.3 Å². The molecule has 29 heavy (non-hydrogen) atoms. The van der Waals surface area contributed by atoms with Gasteiger partial charge in [-0.1, -0.05) is 56.2 Å². The number of phenols is 1. The van der Waals surface area contributed by atoms with Crippen molar-refractivity contribution in [1.82, 2.24) is 0 Å². The summed E-state index contributed by atoms with van der Waals surface area (Å²) in [7, 11) is 1.49. The summed E-state index contributed by atoms with van der Waals surface area (Å²) >= 11 is 6.33. The quantitative estimate of drug-likeness (QED) is 0.464. The van der Waals surface area contributed by atoms with Crippen molar-refractivity contribution >= 4 is 23.7 Å². The molecule has 0 aliphatic heterocycles. The molecule has 0 unspecified atom stereocenters. The number of halogens is 1. The fourth-order valence-corrected chi connectivity index (χ4v) is 4.32. The number of aldehydes is 1. The summed E-state index contributed by atoms with van der Waals surface area (Å²) < 4.78 is 5.39. The number of methoxy groups -OCH3 is 1. The third-order valence-electron chi connectivity index (χ3n) is 6.70. The molecule has 0 spiro atoms. The third kappa shape index (κ3) is 4.42. The topological polar surface area (TPSA) is 63.6 Å². The van der Waals surface area contributed by atoms with E-state index in [4.69, 9.17) is 16.3 Å².